The van der Waals surface area contributed by atoms with Crippen molar-refractivity contribution in [3.05, 3.63) is 126 Å². The molecule has 3 N–H and O–H groups in total. The Balaban J connectivity index is 1.61. The molecule has 1 aromatic heterocycles. The fourth-order valence-electron chi connectivity index (χ4n) is 5.12. The predicted octanol–water partition coefficient (Wildman–Crippen LogP) is 6.73. The molecule has 4 rings (SSSR count). The molecule has 0 unspecified atom stereocenters. The first-order valence-electron chi connectivity index (χ1n) is 14.8. The van der Waals surface area contributed by atoms with Crippen LogP contribution in [0.1, 0.15) is 43.9 Å². The third-order valence-corrected chi connectivity index (χ3v) is 7.25. The Morgan fingerprint density at radius 2 is 1.41 bits per heavy atom. The van der Waals surface area contributed by atoms with Crippen LogP contribution >= 0.6 is 0 Å². The summed E-state index contributed by atoms with van der Waals surface area (Å²) in [5.74, 6) is 0. The maximum atomic E-state index is 12.8. The molecule has 3 aromatic carbocycles. The number of alkyl carbamates (subject to hydrolysis) is 1. The van der Waals surface area contributed by atoms with Crippen LogP contribution in [-0.2, 0) is 24.1 Å². The molecule has 0 saturated heterocycles. The number of aromatic nitrogens is 1. The molecule has 0 saturated carbocycles. The standard InChI is InChI=1S/C36H41N3O5/c1-36(2,3)44-34(41)38-32(23-26-12-6-4-7-13-26)33(40)24-30(39(35(42)43)25-28-14-8-5-9-15-28)22-27-17-19-29(20-18-27)31-16-10-11-21-37-31/h4-21,30,32-33,40H,22-25H2,1-3H3,(H,38,41)(H,42,43)/t30-,32+,33+/m1/s1. The number of pyridine rings is 1. The first-order chi connectivity index (χ1) is 21.1. The third-order valence-electron chi connectivity index (χ3n) is 7.25. The van der Waals surface area contributed by atoms with Crippen molar-refractivity contribution in [1.29, 1.82) is 0 Å². The van der Waals surface area contributed by atoms with Crippen LogP contribution in [0.25, 0.3) is 11.3 Å². The first kappa shape index (κ1) is 32.2. The predicted molar refractivity (Wildman–Crippen MR) is 171 cm³/mol. The fourth-order valence-corrected chi connectivity index (χ4v) is 5.12. The highest BCUT2D eigenvalue weighted by Crippen LogP contribution is 2.23. The van der Waals surface area contributed by atoms with Crippen LogP contribution in [-0.4, -0.2) is 56.1 Å². The van der Waals surface area contributed by atoms with Gasteiger partial charge in [-0.25, -0.2) is 9.59 Å². The number of hydrogen-bond donors (Lipinski definition) is 3. The van der Waals surface area contributed by atoms with E-state index in [1.54, 1.807) is 27.0 Å². The van der Waals surface area contributed by atoms with Crippen molar-refractivity contribution in [3.63, 3.8) is 0 Å². The minimum atomic E-state index is -1.09. The zero-order valence-corrected chi connectivity index (χ0v) is 25.5. The topological polar surface area (TPSA) is 112 Å². The molecule has 0 aliphatic carbocycles. The van der Waals surface area contributed by atoms with Gasteiger partial charge in [-0.2, -0.15) is 0 Å². The highest BCUT2D eigenvalue weighted by Gasteiger charge is 2.31. The Labute approximate surface area is 259 Å². The molecule has 0 spiro atoms. The molecule has 0 bridgehead atoms. The van der Waals surface area contributed by atoms with Crippen molar-refractivity contribution < 1.29 is 24.5 Å². The van der Waals surface area contributed by atoms with Crippen LogP contribution in [0.5, 0.6) is 0 Å². The second-order valence-corrected chi connectivity index (χ2v) is 11.9. The Kier molecular flexibility index (Phi) is 11.1. The van der Waals surface area contributed by atoms with Crippen LogP contribution in [0.4, 0.5) is 9.59 Å². The number of nitrogens with one attached hydrogen (secondary N) is 1. The first-order valence-corrected chi connectivity index (χ1v) is 14.8. The van der Waals surface area contributed by atoms with Gasteiger partial charge in [0.1, 0.15) is 5.60 Å². The molecular formula is C36H41N3O5. The summed E-state index contributed by atoms with van der Waals surface area (Å²) < 4.78 is 5.50. The number of hydrogen-bond acceptors (Lipinski definition) is 5. The van der Waals surface area contributed by atoms with Gasteiger partial charge in [0.2, 0.25) is 0 Å². The molecule has 8 nitrogen and oxygen atoms in total. The number of rotatable bonds is 12. The van der Waals surface area contributed by atoms with Crippen LogP contribution in [0.15, 0.2) is 109 Å². The lowest BCUT2D eigenvalue weighted by molar-refractivity contribution is 0.0351. The van der Waals surface area contributed by atoms with E-state index in [1.807, 2.05) is 103 Å². The molecule has 0 radical (unpaired) electrons. The van der Waals surface area contributed by atoms with Crippen molar-refractivity contribution in [2.24, 2.45) is 0 Å². The summed E-state index contributed by atoms with van der Waals surface area (Å²) in [7, 11) is 0. The molecule has 230 valence electrons. The number of carbonyl (C=O) groups is 2. The summed E-state index contributed by atoms with van der Waals surface area (Å²) in [4.78, 5) is 31.3. The molecule has 8 heteroatoms. The number of ether oxygens (including phenoxy) is 1. The average Bonchev–Trinajstić information content (AvgIpc) is 3.00. The Bertz CT molecular complexity index is 1460. The van der Waals surface area contributed by atoms with E-state index in [9.17, 15) is 19.8 Å². The van der Waals surface area contributed by atoms with E-state index >= 15 is 0 Å². The van der Waals surface area contributed by atoms with Gasteiger partial charge >= 0.3 is 12.2 Å². The minimum Gasteiger partial charge on any atom is -0.465 e. The molecule has 3 atom stereocenters. The van der Waals surface area contributed by atoms with Gasteiger partial charge in [0, 0.05) is 24.3 Å². The summed E-state index contributed by atoms with van der Waals surface area (Å²) in [6.07, 6.45) is -0.255. The van der Waals surface area contributed by atoms with Gasteiger partial charge in [0.15, 0.2) is 0 Å². The number of benzene rings is 3. The molecule has 0 aliphatic rings. The molecule has 0 fully saturated rings. The largest absolute Gasteiger partial charge is 0.465 e. The lowest BCUT2D eigenvalue weighted by atomic mass is 9.92. The van der Waals surface area contributed by atoms with Crippen LogP contribution < -0.4 is 5.32 Å². The SMILES string of the molecule is CC(C)(C)OC(=O)N[C@@H](Cc1ccccc1)[C@@H](O)C[C@@H](Cc1ccc(-c2ccccn2)cc1)N(Cc1ccccc1)C(=O)O. The summed E-state index contributed by atoms with van der Waals surface area (Å²) in [5, 5.41) is 24.9. The highest BCUT2D eigenvalue weighted by atomic mass is 16.6. The second-order valence-electron chi connectivity index (χ2n) is 11.9. The summed E-state index contributed by atoms with van der Waals surface area (Å²) >= 11 is 0. The van der Waals surface area contributed by atoms with Crippen LogP contribution in [0.2, 0.25) is 0 Å². The quantitative estimate of drug-likeness (QED) is 0.168. The van der Waals surface area contributed by atoms with Crippen molar-refractivity contribution in [1.82, 2.24) is 15.2 Å². The van der Waals surface area contributed by atoms with Crippen molar-refractivity contribution in [3.8, 4) is 11.3 Å². The van der Waals surface area contributed by atoms with E-state index in [0.29, 0.717) is 12.8 Å². The lowest BCUT2D eigenvalue weighted by Gasteiger charge is -2.34. The van der Waals surface area contributed by atoms with Crippen molar-refractivity contribution in [2.45, 2.75) is 70.4 Å². The second kappa shape index (κ2) is 15.2. The fraction of sp³-hybridized carbons (Fsp3) is 0.306. The zero-order valence-electron chi connectivity index (χ0n) is 25.5. The maximum Gasteiger partial charge on any atom is 0.407 e. The number of amides is 2. The van der Waals surface area contributed by atoms with E-state index in [-0.39, 0.29) is 13.0 Å². The van der Waals surface area contributed by atoms with Gasteiger partial charge in [0.05, 0.1) is 17.8 Å². The van der Waals surface area contributed by atoms with Crippen molar-refractivity contribution >= 4 is 12.2 Å². The Hall–Kier alpha value is -4.69. The van der Waals surface area contributed by atoms with Gasteiger partial charge in [-0.05, 0) is 68.9 Å². The molecule has 0 aliphatic heterocycles. The third kappa shape index (κ3) is 9.95. The molecule has 44 heavy (non-hydrogen) atoms. The van der Waals surface area contributed by atoms with Gasteiger partial charge in [-0.3, -0.25) is 4.98 Å². The molecule has 4 aromatic rings. The number of nitrogens with zero attached hydrogens (tertiary/aromatic N) is 2. The number of carbonyl (C=O) groups excluding carboxylic acids is 1. The van der Waals surface area contributed by atoms with E-state index in [0.717, 1.165) is 27.9 Å². The van der Waals surface area contributed by atoms with E-state index in [4.69, 9.17) is 4.74 Å². The Morgan fingerprint density at radius 3 is 1.98 bits per heavy atom. The number of aliphatic hydroxyl groups is 1. The Morgan fingerprint density at radius 1 is 0.818 bits per heavy atom. The van der Waals surface area contributed by atoms with E-state index in [2.05, 4.69) is 10.3 Å². The molecular weight excluding hydrogens is 554 g/mol. The van der Waals surface area contributed by atoms with Crippen LogP contribution in [0.3, 0.4) is 0 Å². The van der Waals surface area contributed by atoms with Crippen LogP contribution in [0, 0.1) is 0 Å². The van der Waals surface area contributed by atoms with Gasteiger partial charge < -0.3 is 25.2 Å². The van der Waals surface area contributed by atoms with Crippen molar-refractivity contribution in [2.75, 3.05) is 0 Å². The van der Waals surface area contributed by atoms with Gasteiger partial charge in [-0.1, -0.05) is 91.0 Å². The van der Waals surface area contributed by atoms with Gasteiger partial charge in [-0.15, -0.1) is 0 Å². The highest BCUT2D eigenvalue weighted by molar-refractivity contribution is 5.68. The van der Waals surface area contributed by atoms with E-state index < -0.39 is 36.0 Å². The number of aliphatic hydroxyl groups excluding tert-OH is 1. The lowest BCUT2D eigenvalue weighted by Crippen LogP contribution is -2.50. The normalized spacial score (nSPS) is 13.4. The smallest absolute Gasteiger partial charge is 0.407 e. The summed E-state index contributed by atoms with van der Waals surface area (Å²) in [6, 6.07) is 31.2. The van der Waals surface area contributed by atoms with Gasteiger partial charge in [0.25, 0.3) is 0 Å². The maximum absolute atomic E-state index is 12.8. The average molecular weight is 596 g/mol. The summed E-state index contributed by atoms with van der Waals surface area (Å²) in [6.45, 7) is 5.48. The monoisotopic (exact) mass is 595 g/mol. The minimum absolute atomic E-state index is 0.0917. The summed E-state index contributed by atoms with van der Waals surface area (Å²) in [5.41, 5.74) is 3.77. The molecule has 2 amide bonds. The number of carboxylic acid groups (broad SMARTS) is 1. The zero-order chi connectivity index (χ0) is 31.5. The molecule has 1 heterocycles. The van der Waals surface area contributed by atoms with E-state index in [1.165, 1.54) is 4.90 Å².